The summed E-state index contributed by atoms with van der Waals surface area (Å²) in [6.07, 6.45) is 0.165. The maximum absolute atomic E-state index is 11.4. The smallest absolute Gasteiger partial charge is 0.222 e. The van der Waals surface area contributed by atoms with E-state index in [0.717, 1.165) is 0 Å². The summed E-state index contributed by atoms with van der Waals surface area (Å²) in [4.78, 5) is 11.4. The highest BCUT2D eigenvalue weighted by Gasteiger charge is 2.14. The van der Waals surface area contributed by atoms with Gasteiger partial charge in [0.1, 0.15) is 0 Å². The first kappa shape index (κ1) is 17.1. The zero-order valence-electron chi connectivity index (χ0n) is 9.95. The zero-order chi connectivity index (χ0) is 11.1. The second kappa shape index (κ2) is 8.95. The first-order chi connectivity index (χ1) is 6.51. The molecule has 0 aliphatic rings. The number of carbonyl (C=O) groups excluding carboxylic acids is 1. The van der Waals surface area contributed by atoms with Crippen LogP contribution in [0.1, 0.15) is 27.2 Å². The molecule has 3 N–H and O–H groups in total. The van der Waals surface area contributed by atoms with Gasteiger partial charge in [-0.3, -0.25) is 4.79 Å². The second-order valence-corrected chi connectivity index (χ2v) is 3.90. The quantitative estimate of drug-likeness (QED) is 0.724. The van der Waals surface area contributed by atoms with E-state index in [0.29, 0.717) is 18.9 Å². The Kier molecular flexibility index (Phi) is 10.2. The van der Waals surface area contributed by atoms with Crippen molar-refractivity contribution < 1.29 is 9.53 Å². The van der Waals surface area contributed by atoms with Gasteiger partial charge in [-0.05, 0) is 12.8 Å². The lowest BCUT2D eigenvalue weighted by molar-refractivity contribution is -0.124. The molecule has 0 aromatic heterocycles. The van der Waals surface area contributed by atoms with E-state index in [4.69, 9.17) is 10.5 Å². The van der Waals surface area contributed by atoms with Crippen LogP contribution in [0.3, 0.4) is 0 Å². The SMILES string of the molecule is COC(CN)CC(=O)NC(C)C(C)C.Cl. The molecule has 0 aromatic rings. The van der Waals surface area contributed by atoms with Crippen molar-refractivity contribution in [3.05, 3.63) is 0 Å². The van der Waals surface area contributed by atoms with Crippen LogP contribution in [0.15, 0.2) is 0 Å². The molecule has 2 atom stereocenters. The molecular weight excluding hydrogens is 216 g/mol. The third-order valence-electron chi connectivity index (χ3n) is 2.40. The van der Waals surface area contributed by atoms with Crippen molar-refractivity contribution in [3.8, 4) is 0 Å². The van der Waals surface area contributed by atoms with Gasteiger partial charge in [0.15, 0.2) is 0 Å². The molecule has 0 aliphatic heterocycles. The van der Waals surface area contributed by atoms with Crippen LogP contribution in [0.2, 0.25) is 0 Å². The summed E-state index contributed by atoms with van der Waals surface area (Å²) in [6.45, 7) is 6.51. The van der Waals surface area contributed by atoms with Crippen molar-refractivity contribution in [1.82, 2.24) is 5.32 Å². The maximum atomic E-state index is 11.4. The minimum atomic E-state index is -0.172. The highest BCUT2D eigenvalue weighted by molar-refractivity contribution is 5.85. The number of methoxy groups -OCH3 is 1. The summed E-state index contributed by atoms with van der Waals surface area (Å²) in [6, 6.07) is 0.192. The van der Waals surface area contributed by atoms with Gasteiger partial charge in [-0.25, -0.2) is 0 Å². The fraction of sp³-hybridized carbons (Fsp3) is 0.900. The molecule has 0 saturated heterocycles. The summed E-state index contributed by atoms with van der Waals surface area (Å²) in [5, 5.41) is 2.90. The Labute approximate surface area is 98.3 Å². The number of nitrogens with one attached hydrogen (secondary N) is 1. The van der Waals surface area contributed by atoms with Gasteiger partial charge < -0.3 is 15.8 Å². The van der Waals surface area contributed by atoms with Crippen molar-refractivity contribution in [3.63, 3.8) is 0 Å². The Hall–Kier alpha value is -0.320. The number of amides is 1. The predicted octanol–water partition coefficient (Wildman–Crippen LogP) is 0.933. The van der Waals surface area contributed by atoms with Gasteiger partial charge >= 0.3 is 0 Å². The summed E-state index contributed by atoms with van der Waals surface area (Å²) in [5.74, 6) is 0.446. The van der Waals surface area contributed by atoms with E-state index in [-0.39, 0.29) is 30.5 Å². The number of hydrogen-bond donors (Lipinski definition) is 2. The Morgan fingerprint density at radius 1 is 1.40 bits per heavy atom. The van der Waals surface area contributed by atoms with Crippen molar-refractivity contribution in [2.75, 3.05) is 13.7 Å². The standard InChI is InChI=1S/C10H22N2O2.ClH/c1-7(2)8(3)12-10(13)5-9(6-11)14-4;/h7-9H,5-6,11H2,1-4H3,(H,12,13);1H. The third kappa shape index (κ3) is 7.59. The molecule has 15 heavy (non-hydrogen) atoms. The number of carbonyl (C=O) groups is 1. The molecular formula is C10H23ClN2O2. The van der Waals surface area contributed by atoms with Gasteiger partial charge in [-0.1, -0.05) is 13.8 Å². The number of halogens is 1. The molecule has 5 heteroatoms. The lowest BCUT2D eigenvalue weighted by atomic mass is 10.1. The molecule has 2 unspecified atom stereocenters. The van der Waals surface area contributed by atoms with E-state index >= 15 is 0 Å². The third-order valence-corrected chi connectivity index (χ3v) is 2.40. The molecule has 0 saturated carbocycles. The maximum Gasteiger partial charge on any atom is 0.222 e. The molecule has 0 bridgehead atoms. The molecule has 0 rings (SSSR count). The van der Waals surface area contributed by atoms with Gasteiger partial charge in [-0.15, -0.1) is 12.4 Å². The van der Waals surface area contributed by atoms with Crippen LogP contribution < -0.4 is 11.1 Å². The van der Waals surface area contributed by atoms with Gasteiger partial charge in [-0.2, -0.15) is 0 Å². The average Bonchev–Trinajstić information content (AvgIpc) is 2.13. The number of nitrogens with two attached hydrogens (primary N) is 1. The fourth-order valence-electron chi connectivity index (χ4n) is 0.949. The van der Waals surface area contributed by atoms with Gasteiger partial charge in [0, 0.05) is 19.7 Å². The van der Waals surface area contributed by atoms with Gasteiger partial charge in [0.25, 0.3) is 0 Å². The van der Waals surface area contributed by atoms with Crippen molar-refractivity contribution >= 4 is 18.3 Å². The number of hydrogen-bond acceptors (Lipinski definition) is 3. The largest absolute Gasteiger partial charge is 0.380 e. The van der Waals surface area contributed by atoms with Crippen LogP contribution in [0, 0.1) is 5.92 Å². The van der Waals surface area contributed by atoms with E-state index in [1.165, 1.54) is 0 Å². The Morgan fingerprint density at radius 2 is 1.93 bits per heavy atom. The molecule has 4 nitrogen and oxygen atoms in total. The Balaban J connectivity index is 0. The van der Waals surface area contributed by atoms with Gasteiger partial charge in [0.2, 0.25) is 5.91 Å². The Morgan fingerprint density at radius 3 is 2.27 bits per heavy atom. The normalized spacial score (nSPS) is 14.3. The molecule has 0 aliphatic carbocycles. The summed E-state index contributed by atoms with van der Waals surface area (Å²) < 4.78 is 5.03. The minimum absolute atomic E-state index is 0. The molecule has 92 valence electrons. The summed E-state index contributed by atoms with van der Waals surface area (Å²) in [5.41, 5.74) is 5.42. The predicted molar refractivity (Wildman–Crippen MR) is 64.2 cm³/mol. The number of rotatable bonds is 6. The second-order valence-electron chi connectivity index (χ2n) is 3.90. The van der Waals surface area contributed by atoms with E-state index in [1.807, 2.05) is 6.92 Å². The summed E-state index contributed by atoms with van der Waals surface area (Å²) >= 11 is 0. The average molecular weight is 239 g/mol. The molecule has 0 radical (unpaired) electrons. The van der Waals surface area contributed by atoms with Crippen LogP contribution >= 0.6 is 12.4 Å². The monoisotopic (exact) mass is 238 g/mol. The highest BCUT2D eigenvalue weighted by atomic mass is 35.5. The van der Waals surface area contributed by atoms with E-state index in [1.54, 1.807) is 7.11 Å². The van der Waals surface area contributed by atoms with Crippen LogP contribution in [0.4, 0.5) is 0 Å². The van der Waals surface area contributed by atoms with E-state index in [2.05, 4.69) is 19.2 Å². The van der Waals surface area contributed by atoms with Crippen molar-refractivity contribution in [2.45, 2.75) is 39.3 Å². The molecule has 0 fully saturated rings. The van der Waals surface area contributed by atoms with Crippen LogP contribution in [-0.2, 0) is 9.53 Å². The molecule has 0 aromatic carbocycles. The fourth-order valence-corrected chi connectivity index (χ4v) is 0.949. The zero-order valence-corrected chi connectivity index (χ0v) is 10.8. The topological polar surface area (TPSA) is 64.3 Å². The van der Waals surface area contributed by atoms with Crippen LogP contribution in [-0.4, -0.2) is 31.7 Å². The summed E-state index contributed by atoms with van der Waals surface area (Å²) in [7, 11) is 1.57. The molecule has 1 amide bonds. The van der Waals surface area contributed by atoms with Gasteiger partial charge in [0.05, 0.1) is 12.5 Å². The lowest BCUT2D eigenvalue weighted by Gasteiger charge is -2.19. The highest BCUT2D eigenvalue weighted by Crippen LogP contribution is 2.01. The molecule has 0 spiro atoms. The van der Waals surface area contributed by atoms with Crippen molar-refractivity contribution in [1.29, 1.82) is 0 Å². The Bertz CT molecular complexity index is 167. The van der Waals surface area contributed by atoms with Crippen LogP contribution in [0.5, 0.6) is 0 Å². The lowest BCUT2D eigenvalue weighted by Crippen LogP contribution is -2.39. The first-order valence-corrected chi connectivity index (χ1v) is 5.03. The number of ether oxygens (including phenoxy) is 1. The molecule has 0 heterocycles. The first-order valence-electron chi connectivity index (χ1n) is 5.03. The van der Waals surface area contributed by atoms with Crippen LogP contribution in [0.25, 0.3) is 0 Å². The minimum Gasteiger partial charge on any atom is -0.380 e. The van der Waals surface area contributed by atoms with E-state index < -0.39 is 0 Å². The van der Waals surface area contributed by atoms with Crippen molar-refractivity contribution in [2.24, 2.45) is 11.7 Å². The van der Waals surface area contributed by atoms with E-state index in [9.17, 15) is 4.79 Å².